The summed E-state index contributed by atoms with van der Waals surface area (Å²) in [5, 5.41) is 0. The molecule has 1 atom stereocenters. The second-order valence-electron chi connectivity index (χ2n) is 5.66. The van der Waals surface area contributed by atoms with Crippen LogP contribution in [0.25, 0.3) is 0 Å². The molecule has 114 valence electrons. The Kier molecular flexibility index (Phi) is 4.79. The Hall–Kier alpha value is -2.22. The highest BCUT2D eigenvalue weighted by Gasteiger charge is 2.17. The molecule has 0 saturated heterocycles. The summed E-state index contributed by atoms with van der Waals surface area (Å²) >= 11 is 0. The molecule has 2 aromatic rings. The first-order valence-corrected chi connectivity index (χ1v) is 7.96. The molecule has 0 fully saturated rings. The van der Waals surface area contributed by atoms with Gasteiger partial charge in [-0.2, -0.15) is 0 Å². The van der Waals surface area contributed by atoms with Gasteiger partial charge in [0, 0.05) is 6.42 Å². The second kappa shape index (κ2) is 7.17. The van der Waals surface area contributed by atoms with E-state index in [9.17, 15) is 0 Å². The van der Waals surface area contributed by atoms with E-state index in [0.717, 1.165) is 31.4 Å². The van der Waals surface area contributed by atoms with Gasteiger partial charge in [0.25, 0.3) is 0 Å². The Morgan fingerprint density at radius 3 is 2.41 bits per heavy atom. The minimum Gasteiger partial charge on any atom is -0.463 e. The van der Waals surface area contributed by atoms with E-state index in [2.05, 4.69) is 43.3 Å². The zero-order valence-electron chi connectivity index (χ0n) is 13.0. The van der Waals surface area contributed by atoms with Crippen molar-refractivity contribution in [3.05, 3.63) is 77.6 Å². The summed E-state index contributed by atoms with van der Waals surface area (Å²) in [7, 11) is 0. The lowest BCUT2D eigenvalue weighted by molar-refractivity contribution is -0.0441. The Morgan fingerprint density at radius 2 is 1.77 bits per heavy atom. The fourth-order valence-corrected chi connectivity index (χ4v) is 2.63. The van der Waals surface area contributed by atoms with E-state index >= 15 is 0 Å². The largest absolute Gasteiger partial charge is 0.463 e. The van der Waals surface area contributed by atoms with Crippen LogP contribution >= 0.6 is 0 Å². The van der Waals surface area contributed by atoms with Gasteiger partial charge in [0.05, 0.1) is 6.26 Å². The molecule has 0 radical (unpaired) electrons. The summed E-state index contributed by atoms with van der Waals surface area (Å²) < 4.78 is 11.6. The minimum atomic E-state index is -0.174. The minimum absolute atomic E-state index is 0.174. The molecule has 0 aliphatic carbocycles. The SMILES string of the molecule is CCc1ccc(OC2CCC(Cc3ccccc3)=CO2)cc1. The molecular weight excluding hydrogens is 272 g/mol. The van der Waals surface area contributed by atoms with Crippen molar-refractivity contribution in [2.75, 3.05) is 0 Å². The summed E-state index contributed by atoms with van der Waals surface area (Å²) in [5.41, 5.74) is 3.97. The Balaban J connectivity index is 1.54. The van der Waals surface area contributed by atoms with E-state index < -0.39 is 0 Å². The normalized spacial score (nSPS) is 17.5. The predicted molar refractivity (Wildman–Crippen MR) is 88.8 cm³/mol. The zero-order chi connectivity index (χ0) is 15.2. The molecule has 1 aliphatic rings. The number of hydrogen-bond donors (Lipinski definition) is 0. The molecule has 1 heterocycles. The smallest absolute Gasteiger partial charge is 0.240 e. The fraction of sp³-hybridized carbons (Fsp3) is 0.300. The summed E-state index contributed by atoms with van der Waals surface area (Å²) in [5.74, 6) is 0.877. The van der Waals surface area contributed by atoms with Gasteiger partial charge in [-0.25, -0.2) is 0 Å². The highest BCUT2D eigenvalue weighted by atomic mass is 16.7. The fourth-order valence-electron chi connectivity index (χ4n) is 2.63. The van der Waals surface area contributed by atoms with Crippen LogP contribution in [0.1, 0.15) is 30.9 Å². The molecule has 1 unspecified atom stereocenters. The van der Waals surface area contributed by atoms with Crippen LogP contribution in [0.2, 0.25) is 0 Å². The van der Waals surface area contributed by atoms with Crippen LogP contribution in [0.4, 0.5) is 0 Å². The molecule has 0 aromatic heterocycles. The van der Waals surface area contributed by atoms with Crippen molar-refractivity contribution in [1.82, 2.24) is 0 Å². The van der Waals surface area contributed by atoms with Crippen LogP contribution < -0.4 is 4.74 Å². The number of allylic oxidation sites excluding steroid dienone is 1. The molecule has 2 nitrogen and oxygen atoms in total. The van der Waals surface area contributed by atoms with E-state index in [-0.39, 0.29) is 6.29 Å². The van der Waals surface area contributed by atoms with Crippen LogP contribution in [0.5, 0.6) is 5.75 Å². The molecule has 1 aliphatic heterocycles. The average molecular weight is 294 g/mol. The van der Waals surface area contributed by atoms with E-state index in [1.54, 1.807) is 0 Å². The summed E-state index contributed by atoms with van der Waals surface area (Å²) in [6.45, 7) is 2.15. The summed E-state index contributed by atoms with van der Waals surface area (Å²) in [6.07, 6.45) is 5.62. The van der Waals surface area contributed by atoms with Crippen molar-refractivity contribution in [3.8, 4) is 5.75 Å². The first-order chi connectivity index (χ1) is 10.8. The van der Waals surface area contributed by atoms with Gasteiger partial charge in [-0.3, -0.25) is 0 Å². The maximum Gasteiger partial charge on any atom is 0.240 e. The Labute approximate surface area is 132 Å². The van der Waals surface area contributed by atoms with Crippen LogP contribution in [0.15, 0.2) is 66.4 Å². The topological polar surface area (TPSA) is 18.5 Å². The van der Waals surface area contributed by atoms with E-state index in [4.69, 9.17) is 9.47 Å². The Bertz CT molecular complexity index is 614. The molecule has 0 spiro atoms. The van der Waals surface area contributed by atoms with Gasteiger partial charge in [-0.1, -0.05) is 49.4 Å². The second-order valence-corrected chi connectivity index (χ2v) is 5.66. The van der Waals surface area contributed by atoms with Crippen LogP contribution in [-0.2, 0) is 17.6 Å². The van der Waals surface area contributed by atoms with Crippen molar-refractivity contribution in [2.45, 2.75) is 38.9 Å². The summed E-state index contributed by atoms with van der Waals surface area (Å²) in [6, 6.07) is 18.7. The van der Waals surface area contributed by atoms with Crippen LogP contribution in [0.3, 0.4) is 0 Å². The molecule has 3 rings (SSSR count). The summed E-state index contributed by atoms with van der Waals surface area (Å²) in [4.78, 5) is 0. The van der Waals surface area contributed by atoms with Gasteiger partial charge in [0.15, 0.2) is 0 Å². The third kappa shape index (κ3) is 3.91. The standard InChI is InChI=1S/C20H22O2/c1-2-16-8-11-19(12-9-16)22-20-13-10-18(15-21-20)14-17-6-4-3-5-7-17/h3-9,11-12,15,20H,2,10,13-14H2,1H3. The maximum atomic E-state index is 5.89. The first-order valence-electron chi connectivity index (χ1n) is 7.96. The lowest BCUT2D eigenvalue weighted by Crippen LogP contribution is -2.22. The van der Waals surface area contributed by atoms with Gasteiger partial charge in [-0.05, 0) is 48.1 Å². The molecule has 0 amide bonds. The van der Waals surface area contributed by atoms with Crippen molar-refractivity contribution in [2.24, 2.45) is 0 Å². The lowest BCUT2D eigenvalue weighted by Gasteiger charge is -2.24. The first kappa shape index (κ1) is 14.7. The lowest BCUT2D eigenvalue weighted by atomic mass is 10.0. The van der Waals surface area contributed by atoms with E-state index in [0.29, 0.717) is 0 Å². The Morgan fingerprint density at radius 1 is 1.00 bits per heavy atom. The van der Waals surface area contributed by atoms with Gasteiger partial charge in [0.1, 0.15) is 5.75 Å². The van der Waals surface area contributed by atoms with Crippen molar-refractivity contribution in [3.63, 3.8) is 0 Å². The molecule has 0 saturated carbocycles. The van der Waals surface area contributed by atoms with Gasteiger partial charge in [0.2, 0.25) is 6.29 Å². The van der Waals surface area contributed by atoms with Gasteiger partial charge in [-0.15, -0.1) is 0 Å². The average Bonchev–Trinajstić information content (AvgIpc) is 2.58. The van der Waals surface area contributed by atoms with Crippen LogP contribution in [-0.4, -0.2) is 6.29 Å². The molecule has 0 N–H and O–H groups in total. The molecular formula is C20H22O2. The van der Waals surface area contributed by atoms with E-state index in [1.807, 2.05) is 24.5 Å². The van der Waals surface area contributed by atoms with Gasteiger partial charge < -0.3 is 9.47 Å². The third-order valence-electron chi connectivity index (χ3n) is 3.96. The van der Waals surface area contributed by atoms with Crippen molar-refractivity contribution < 1.29 is 9.47 Å². The number of rotatable bonds is 5. The number of benzene rings is 2. The number of hydrogen-bond acceptors (Lipinski definition) is 2. The number of ether oxygens (including phenoxy) is 2. The van der Waals surface area contributed by atoms with Crippen molar-refractivity contribution in [1.29, 1.82) is 0 Å². The molecule has 2 aromatic carbocycles. The molecule has 0 bridgehead atoms. The predicted octanol–water partition coefficient (Wildman–Crippen LogP) is 4.89. The molecule has 22 heavy (non-hydrogen) atoms. The van der Waals surface area contributed by atoms with Crippen molar-refractivity contribution >= 4 is 0 Å². The van der Waals surface area contributed by atoms with Gasteiger partial charge >= 0.3 is 0 Å². The highest BCUT2D eigenvalue weighted by molar-refractivity contribution is 5.27. The highest BCUT2D eigenvalue weighted by Crippen LogP contribution is 2.24. The number of aryl methyl sites for hydroxylation is 1. The monoisotopic (exact) mass is 294 g/mol. The third-order valence-corrected chi connectivity index (χ3v) is 3.96. The van der Waals surface area contributed by atoms with E-state index in [1.165, 1.54) is 16.7 Å². The zero-order valence-corrected chi connectivity index (χ0v) is 13.0. The quantitative estimate of drug-likeness (QED) is 0.781. The van der Waals surface area contributed by atoms with Crippen LogP contribution in [0, 0.1) is 0 Å². The maximum absolute atomic E-state index is 5.89. The molecule has 2 heteroatoms.